The van der Waals surface area contributed by atoms with Crippen LogP contribution in [0.5, 0.6) is 0 Å². The highest BCUT2D eigenvalue weighted by molar-refractivity contribution is 7.18. The number of aromatic nitrogens is 2. The van der Waals surface area contributed by atoms with Crippen molar-refractivity contribution in [3.63, 3.8) is 0 Å². The summed E-state index contributed by atoms with van der Waals surface area (Å²) in [5, 5.41) is 0.824. The Balaban J connectivity index is 1.22. The number of H-pyrrole nitrogens is 1. The molecular formula is C22H28N4O2S. The molecule has 154 valence electrons. The number of amides is 1. The highest BCUT2D eigenvalue weighted by Crippen LogP contribution is 2.33. The minimum Gasteiger partial charge on any atom is -0.340 e. The lowest BCUT2D eigenvalue weighted by molar-refractivity contribution is -0.133. The van der Waals surface area contributed by atoms with Crippen LogP contribution in [0.25, 0.3) is 10.2 Å². The average Bonchev–Trinajstić information content (AvgIpc) is 3.35. The van der Waals surface area contributed by atoms with E-state index in [9.17, 15) is 9.59 Å². The quantitative estimate of drug-likeness (QED) is 0.784. The van der Waals surface area contributed by atoms with Gasteiger partial charge in [-0.25, -0.2) is 4.98 Å². The smallest absolute Gasteiger partial charge is 0.259 e. The third-order valence-electron chi connectivity index (χ3n) is 6.52. The van der Waals surface area contributed by atoms with Crippen LogP contribution in [0.1, 0.15) is 48.4 Å². The molecule has 6 nitrogen and oxygen atoms in total. The molecule has 0 radical (unpaired) electrons. The number of aryl methyl sites for hydroxylation is 2. The molecule has 29 heavy (non-hydrogen) atoms. The fraction of sp³-hybridized carbons (Fsp3) is 0.591. The van der Waals surface area contributed by atoms with Crippen molar-refractivity contribution in [2.45, 2.75) is 51.5 Å². The van der Waals surface area contributed by atoms with Gasteiger partial charge in [0.05, 0.1) is 11.9 Å². The molecule has 3 aliphatic rings. The van der Waals surface area contributed by atoms with Crippen LogP contribution in [0.3, 0.4) is 0 Å². The van der Waals surface area contributed by atoms with Crippen LogP contribution in [-0.2, 0) is 24.2 Å². The summed E-state index contributed by atoms with van der Waals surface area (Å²) in [5.41, 5.74) is 1.25. The van der Waals surface area contributed by atoms with E-state index in [1.165, 1.54) is 23.3 Å². The van der Waals surface area contributed by atoms with E-state index in [1.807, 2.05) is 4.90 Å². The molecule has 1 fully saturated rings. The first-order chi connectivity index (χ1) is 14.2. The zero-order valence-electron chi connectivity index (χ0n) is 16.8. The Bertz CT molecular complexity index is 1000. The third kappa shape index (κ3) is 3.90. The van der Waals surface area contributed by atoms with E-state index in [4.69, 9.17) is 4.98 Å². The van der Waals surface area contributed by atoms with Crippen LogP contribution in [0.15, 0.2) is 16.9 Å². The summed E-state index contributed by atoms with van der Waals surface area (Å²) in [5.74, 6) is 1.45. The van der Waals surface area contributed by atoms with Crippen molar-refractivity contribution in [1.29, 1.82) is 0 Å². The van der Waals surface area contributed by atoms with E-state index in [0.717, 1.165) is 67.9 Å². The molecule has 7 heteroatoms. The molecule has 2 aromatic rings. The van der Waals surface area contributed by atoms with Gasteiger partial charge in [-0.15, -0.1) is 11.3 Å². The van der Waals surface area contributed by atoms with Crippen molar-refractivity contribution >= 4 is 27.5 Å². The molecule has 0 bridgehead atoms. The number of carbonyl (C=O) groups is 1. The fourth-order valence-electron chi connectivity index (χ4n) is 4.87. The Morgan fingerprint density at radius 3 is 2.83 bits per heavy atom. The zero-order chi connectivity index (χ0) is 19.8. The number of thiophene rings is 1. The van der Waals surface area contributed by atoms with Gasteiger partial charge in [0.1, 0.15) is 10.7 Å². The number of hydrogen-bond donors (Lipinski definition) is 1. The fourth-order valence-corrected chi connectivity index (χ4v) is 6.15. The molecule has 0 saturated carbocycles. The van der Waals surface area contributed by atoms with Crippen LogP contribution >= 0.6 is 11.3 Å². The Hall–Kier alpha value is -1.99. The van der Waals surface area contributed by atoms with Gasteiger partial charge in [-0.3, -0.25) is 14.5 Å². The van der Waals surface area contributed by atoms with Crippen molar-refractivity contribution < 1.29 is 4.79 Å². The lowest BCUT2D eigenvalue weighted by Crippen LogP contribution is -2.48. The van der Waals surface area contributed by atoms with Crippen LogP contribution in [0, 0.1) is 5.92 Å². The molecule has 0 spiro atoms. The second-order valence-corrected chi connectivity index (χ2v) is 9.61. The van der Waals surface area contributed by atoms with Crippen molar-refractivity contribution in [2.24, 2.45) is 5.92 Å². The maximum Gasteiger partial charge on any atom is 0.259 e. The van der Waals surface area contributed by atoms with Gasteiger partial charge < -0.3 is 9.88 Å². The Morgan fingerprint density at radius 1 is 1.21 bits per heavy atom. The minimum absolute atomic E-state index is 0.0165. The molecule has 5 rings (SSSR count). The van der Waals surface area contributed by atoms with E-state index in [2.05, 4.69) is 22.0 Å². The summed E-state index contributed by atoms with van der Waals surface area (Å²) in [6.07, 6.45) is 11.7. The number of piperazine rings is 1. The van der Waals surface area contributed by atoms with E-state index >= 15 is 0 Å². The summed E-state index contributed by atoms with van der Waals surface area (Å²) in [6, 6.07) is 0. The predicted molar refractivity (Wildman–Crippen MR) is 115 cm³/mol. The van der Waals surface area contributed by atoms with Gasteiger partial charge >= 0.3 is 0 Å². The molecule has 2 aromatic heterocycles. The maximum absolute atomic E-state index is 12.7. The van der Waals surface area contributed by atoms with E-state index < -0.39 is 0 Å². The summed E-state index contributed by atoms with van der Waals surface area (Å²) < 4.78 is 0. The number of carbonyl (C=O) groups excluding carboxylic acids is 1. The minimum atomic E-state index is 0.0165. The van der Waals surface area contributed by atoms with Gasteiger partial charge in [-0.05, 0) is 50.0 Å². The third-order valence-corrected chi connectivity index (χ3v) is 7.71. The number of nitrogens with one attached hydrogen (secondary N) is 1. The van der Waals surface area contributed by atoms with Crippen LogP contribution in [-0.4, -0.2) is 51.9 Å². The molecule has 1 N–H and O–H groups in total. The Kier molecular flexibility index (Phi) is 5.26. The van der Waals surface area contributed by atoms with Gasteiger partial charge in [0.25, 0.3) is 5.56 Å². The second-order valence-electron chi connectivity index (χ2n) is 8.53. The first-order valence-electron chi connectivity index (χ1n) is 10.9. The molecule has 3 heterocycles. The maximum atomic E-state index is 12.7. The standard InChI is InChI=1S/C22H28N4O2S/c27-19(13-15-5-1-2-6-15)26-11-9-25(10-12-26)14-18-23-21(28)20-16-7-3-4-8-17(16)29-22(20)24-18/h1,5,15H,2-4,6-14H2,(H,23,24,28)/t15-/m1/s1. The highest BCUT2D eigenvalue weighted by Gasteiger charge is 2.25. The zero-order valence-corrected chi connectivity index (χ0v) is 17.6. The van der Waals surface area contributed by atoms with Crippen molar-refractivity contribution in [3.8, 4) is 0 Å². The second kappa shape index (κ2) is 8.03. The number of nitrogens with zero attached hydrogens (tertiary/aromatic N) is 3. The Labute approximate surface area is 174 Å². The molecule has 1 aliphatic heterocycles. The van der Waals surface area contributed by atoms with E-state index in [0.29, 0.717) is 18.9 Å². The average molecular weight is 413 g/mol. The highest BCUT2D eigenvalue weighted by atomic mass is 32.1. The molecule has 1 saturated heterocycles. The molecule has 1 atom stereocenters. The number of fused-ring (bicyclic) bond motifs is 3. The monoisotopic (exact) mass is 412 g/mol. The lowest BCUT2D eigenvalue weighted by Gasteiger charge is -2.34. The van der Waals surface area contributed by atoms with E-state index in [1.54, 1.807) is 11.3 Å². The van der Waals surface area contributed by atoms with Crippen molar-refractivity contribution in [2.75, 3.05) is 26.2 Å². The predicted octanol–water partition coefficient (Wildman–Crippen LogP) is 2.86. The first kappa shape index (κ1) is 19.0. The van der Waals surface area contributed by atoms with Crippen LogP contribution < -0.4 is 5.56 Å². The van der Waals surface area contributed by atoms with Crippen molar-refractivity contribution in [1.82, 2.24) is 19.8 Å². The number of aromatic amines is 1. The molecular weight excluding hydrogens is 384 g/mol. The van der Waals surface area contributed by atoms with Crippen LogP contribution in [0.4, 0.5) is 0 Å². The van der Waals surface area contributed by atoms with E-state index in [-0.39, 0.29) is 11.5 Å². The summed E-state index contributed by atoms with van der Waals surface area (Å²) in [6.45, 7) is 3.81. The largest absolute Gasteiger partial charge is 0.340 e. The van der Waals surface area contributed by atoms with Crippen molar-refractivity contribution in [3.05, 3.63) is 38.8 Å². The van der Waals surface area contributed by atoms with Gasteiger partial charge in [0.15, 0.2) is 0 Å². The summed E-state index contributed by atoms with van der Waals surface area (Å²) in [7, 11) is 0. The van der Waals surface area contributed by atoms with Gasteiger partial charge in [0, 0.05) is 37.5 Å². The molecule has 0 aromatic carbocycles. The van der Waals surface area contributed by atoms with Crippen LogP contribution in [0.2, 0.25) is 0 Å². The number of hydrogen-bond acceptors (Lipinski definition) is 5. The lowest BCUT2D eigenvalue weighted by atomic mass is 9.97. The molecule has 0 unspecified atom stereocenters. The first-order valence-corrected chi connectivity index (χ1v) is 11.7. The van der Waals surface area contributed by atoms with Gasteiger partial charge in [-0.2, -0.15) is 0 Å². The normalized spacial score (nSPS) is 22.3. The summed E-state index contributed by atoms with van der Waals surface area (Å²) >= 11 is 1.70. The van der Waals surface area contributed by atoms with Gasteiger partial charge in [-0.1, -0.05) is 12.2 Å². The number of rotatable bonds is 4. The topological polar surface area (TPSA) is 69.3 Å². The SMILES string of the molecule is O=C(C[C@@H]1C=CCC1)N1CCN(Cc2nc3sc4c(c3c(=O)[nH]2)CCCC4)CC1. The molecule has 2 aliphatic carbocycles. The number of allylic oxidation sites excluding steroid dienone is 2. The van der Waals surface area contributed by atoms with Gasteiger partial charge in [0.2, 0.25) is 5.91 Å². The summed E-state index contributed by atoms with van der Waals surface area (Å²) in [4.78, 5) is 39.6. The Morgan fingerprint density at radius 2 is 2.03 bits per heavy atom. The molecule has 1 amide bonds.